The van der Waals surface area contributed by atoms with Crippen molar-refractivity contribution in [3.05, 3.63) is 40.4 Å². The van der Waals surface area contributed by atoms with Crippen LogP contribution in [0.1, 0.15) is 85.2 Å². The molecule has 34 heavy (non-hydrogen) atoms. The quantitative estimate of drug-likeness (QED) is 0.516. The largest absolute Gasteiger partial charge is 0.443 e. The van der Waals surface area contributed by atoms with Crippen LogP contribution in [0.2, 0.25) is 0 Å². The van der Waals surface area contributed by atoms with Crippen molar-refractivity contribution < 1.29 is 22.7 Å². The Morgan fingerprint density at radius 2 is 1.74 bits per heavy atom. The number of aliphatic hydroxyl groups is 1. The molecule has 10 heteroatoms. The van der Waals surface area contributed by atoms with Gasteiger partial charge >= 0.3 is 0 Å². The summed E-state index contributed by atoms with van der Waals surface area (Å²) in [5.74, 6) is -0.00852. The number of pyridine rings is 1. The van der Waals surface area contributed by atoms with Crippen LogP contribution in [0.3, 0.4) is 0 Å². The average Bonchev–Trinajstić information content (AvgIpc) is 3.09. The minimum Gasteiger partial charge on any atom is -0.443 e. The predicted molar refractivity (Wildman–Crippen MR) is 124 cm³/mol. The van der Waals surface area contributed by atoms with Crippen molar-refractivity contribution in [2.75, 3.05) is 5.32 Å². The summed E-state index contributed by atoms with van der Waals surface area (Å²) in [6.07, 6.45) is 11.9. The van der Waals surface area contributed by atoms with Crippen LogP contribution >= 0.6 is 0 Å². The number of carbonyl (C=O) groups excluding carboxylic acids is 1. The summed E-state index contributed by atoms with van der Waals surface area (Å²) in [6.45, 7) is 2.68. The molecule has 0 unspecified atom stereocenters. The van der Waals surface area contributed by atoms with Crippen molar-refractivity contribution in [3.8, 4) is 6.07 Å². The lowest BCUT2D eigenvalue weighted by Crippen LogP contribution is -2.24. The van der Waals surface area contributed by atoms with Crippen LogP contribution in [-0.4, -0.2) is 24.4 Å². The van der Waals surface area contributed by atoms with Crippen molar-refractivity contribution in [2.45, 2.75) is 75.9 Å². The normalized spacial score (nSPS) is 17.0. The highest BCUT2D eigenvalue weighted by Gasteiger charge is 2.37. The average molecular weight is 487 g/mol. The van der Waals surface area contributed by atoms with Gasteiger partial charge in [0, 0.05) is 12.4 Å². The third-order valence-corrected chi connectivity index (χ3v) is 7.64. The molecule has 2 aliphatic rings. The second kappa shape index (κ2) is 9.13. The topological polar surface area (TPSA) is 159 Å². The Labute approximate surface area is 199 Å². The number of anilines is 1. The summed E-state index contributed by atoms with van der Waals surface area (Å²) in [4.78, 5) is 18.0. The first-order valence-electron chi connectivity index (χ1n) is 11.6. The number of carbonyl (C=O) groups is 1. The highest BCUT2D eigenvalue weighted by Crippen LogP contribution is 2.38. The van der Waals surface area contributed by atoms with Gasteiger partial charge in [-0.15, -0.1) is 0 Å². The van der Waals surface area contributed by atoms with Gasteiger partial charge in [0.15, 0.2) is 5.76 Å². The first-order valence-corrected chi connectivity index (χ1v) is 13.1. The van der Waals surface area contributed by atoms with Gasteiger partial charge in [0.2, 0.25) is 0 Å². The lowest BCUT2D eigenvalue weighted by atomic mass is 9.79. The number of primary sulfonamides is 1. The summed E-state index contributed by atoms with van der Waals surface area (Å²) < 4.78 is 29.4. The fourth-order valence-corrected chi connectivity index (χ4v) is 5.21. The highest BCUT2D eigenvalue weighted by atomic mass is 32.2. The van der Waals surface area contributed by atoms with Crippen LogP contribution in [0.25, 0.3) is 0 Å². The van der Waals surface area contributed by atoms with Crippen LogP contribution < -0.4 is 10.5 Å². The Balaban J connectivity index is 1.78. The van der Waals surface area contributed by atoms with Gasteiger partial charge in [-0.3, -0.25) is 9.78 Å². The maximum Gasteiger partial charge on any atom is 0.272 e. The lowest BCUT2D eigenvalue weighted by Gasteiger charge is -2.29. The molecule has 182 valence electrons. The molecule has 2 aromatic rings. The van der Waals surface area contributed by atoms with Crippen LogP contribution in [0.4, 0.5) is 5.69 Å². The number of hydrogen-bond donors (Lipinski definition) is 3. The number of hydrogen-bond acceptors (Lipinski definition) is 7. The molecule has 0 aromatic carbocycles. The van der Waals surface area contributed by atoms with Crippen LogP contribution in [0, 0.1) is 23.2 Å². The first-order chi connectivity index (χ1) is 16.0. The first kappa shape index (κ1) is 24.4. The van der Waals surface area contributed by atoms with Crippen LogP contribution in [0.5, 0.6) is 0 Å². The van der Waals surface area contributed by atoms with E-state index in [9.17, 15) is 23.6 Å². The number of amides is 1. The van der Waals surface area contributed by atoms with Gasteiger partial charge in [0.1, 0.15) is 22.8 Å². The zero-order valence-electron chi connectivity index (χ0n) is 19.4. The van der Waals surface area contributed by atoms with Gasteiger partial charge in [-0.05, 0) is 49.7 Å². The molecule has 0 spiro atoms. The second-order valence-electron chi connectivity index (χ2n) is 9.97. The van der Waals surface area contributed by atoms with E-state index in [-0.39, 0.29) is 11.3 Å². The SMILES string of the molecule is CC(C)(O)c1oc(S(N)(=O)=O)c(C#N)c1C(=O)Nc1c(CC2CCC2)cncc1CC1CCC1. The molecule has 0 atom stereocenters. The van der Waals surface area contributed by atoms with E-state index in [4.69, 9.17) is 9.56 Å². The Kier molecular flexibility index (Phi) is 6.55. The van der Waals surface area contributed by atoms with Crippen molar-refractivity contribution in [1.29, 1.82) is 5.26 Å². The molecule has 2 fully saturated rings. The van der Waals surface area contributed by atoms with Crippen LogP contribution in [0.15, 0.2) is 21.9 Å². The van der Waals surface area contributed by atoms with Crippen molar-refractivity contribution in [3.63, 3.8) is 0 Å². The molecule has 2 aliphatic carbocycles. The number of nitrogens with one attached hydrogen (secondary N) is 1. The Hall–Kier alpha value is -2.74. The fraction of sp³-hybridized carbons (Fsp3) is 0.542. The van der Waals surface area contributed by atoms with Crippen LogP contribution in [-0.2, 0) is 28.5 Å². The third kappa shape index (κ3) is 4.87. The predicted octanol–water partition coefficient (Wildman–Crippen LogP) is 3.36. The van der Waals surface area contributed by atoms with E-state index in [1.165, 1.54) is 26.7 Å². The smallest absolute Gasteiger partial charge is 0.272 e. The molecule has 2 heterocycles. The Morgan fingerprint density at radius 1 is 1.21 bits per heavy atom. The van der Waals surface area contributed by atoms with E-state index in [1.807, 2.05) is 0 Å². The number of sulfonamides is 1. The fourth-order valence-electron chi connectivity index (χ4n) is 4.57. The Bertz CT molecular complexity index is 1210. The van der Waals surface area contributed by atoms with Gasteiger partial charge < -0.3 is 14.8 Å². The summed E-state index contributed by atoms with van der Waals surface area (Å²) in [6, 6.07) is 1.72. The van der Waals surface area contributed by atoms with Crippen molar-refractivity contribution >= 4 is 21.6 Å². The molecule has 4 N–H and O–H groups in total. The number of rotatable bonds is 8. The maximum atomic E-state index is 13.6. The molecule has 4 rings (SSSR count). The zero-order chi connectivity index (χ0) is 24.7. The number of furan rings is 1. The summed E-state index contributed by atoms with van der Waals surface area (Å²) in [5, 5.41) is 27.6. The van der Waals surface area contributed by atoms with E-state index < -0.39 is 32.2 Å². The molecule has 0 radical (unpaired) electrons. The highest BCUT2D eigenvalue weighted by molar-refractivity contribution is 7.89. The number of nitriles is 1. The molecule has 0 bridgehead atoms. The minimum atomic E-state index is -4.44. The maximum absolute atomic E-state index is 13.6. The minimum absolute atomic E-state index is 0.333. The Morgan fingerprint density at radius 3 is 2.12 bits per heavy atom. The standard InChI is InChI=1S/C24H30N4O5S/c1-24(2,30)21-19(18(11-25)23(33-21)34(26,31)32)22(29)28-20-16(9-14-5-3-6-14)12-27-13-17(20)10-15-7-4-8-15/h12-15,30H,3-10H2,1-2H3,(H2,26,31,32)(H,27,28,29). The zero-order valence-corrected chi connectivity index (χ0v) is 20.2. The molecule has 2 saturated carbocycles. The van der Waals surface area contributed by atoms with Crippen molar-refractivity contribution in [1.82, 2.24) is 4.98 Å². The number of aromatic nitrogens is 1. The van der Waals surface area contributed by atoms with E-state index in [1.54, 1.807) is 18.5 Å². The van der Waals surface area contributed by atoms with E-state index >= 15 is 0 Å². The number of nitrogens with two attached hydrogens (primary N) is 1. The van der Waals surface area contributed by atoms with E-state index in [0.29, 0.717) is 17.5 Å². The molecule has 1 amide bonds. The molecule has 0 saturated heterocycles. The van der Waals surface area contributed by atoms with E-state index in [0.717, 1.165) is 49.7 Å². The summed E-state index contributed by atoms with van der Waals surface area (Å²) in [7, 11) is -4.44. The summed E-state index contributed by atoms with van der Waals surface area (Å²) in [5.41, 5.74) is -0.125. The molecule has 9 nitrogen and oxygen atoms in total. The monoisotopic (exact) mass is 486 g/mol. The van der Waals surface area contributed by atoms with Crippen molar-refractivity contribution in [2.24, 2.45) is 17.0 Å². The van der Waals surface area contributed by atoms with Gasteiger partial charge in [0.05, 0.1) is 5.69 Å². The molecule has 0 aliphatic heterocycles. The summed E-state index contributed by atoms with van der Waals surface area (Å²) >= 11 is 0. The molecular formula is C24H30N4O5S. The third-order valence-electron chi connectivity index (χ3n) is 6.84. The van der Waals surface area contributed by atoms with Gasteiger partial charge in [-0.1, -0.05) is 38.5 Å². The molecule has 2 aromatic heterocycles. The van der Waals surface area contributed by atoms with Gasteiger partial charge in [0.25, 0.3) is 21.0 Å². The second-order valence-corrected chi connectivity index (χ2v) is 11.4. The molecular weight excluding hydrogens is 456 g/mol. The van der Waals surface area contributed by atoms with Gasteiger partial charge in [-0.2, -0.15) is 5.26 Å². The number of nitrogens with zero attached hydrogens (tertiary/aromatic N) is 2. The van der Waals surface area contributed by atoms with E-state index in [2.05, 4.69) is 10.3 Å². The lowest BCUT2D eigenvalue weighted by molar-refractivity contribution is 0.0485. The van der Waals surface area contributed by atoms with Gasteiger partial charge in [-0.25, -0.2) is 13.6 Å².